The number of nitrogens with zero attached hydrogens (tertiary/aromatic N) is 1. The maximum absolute atomic E-state index is 9.13. The van der Waals surface area contributed by atoms with E-state index in [4.69, 9.17) is 21.6 Å². The second kappa shape index (κ2) is 5.14. The Kier molecular flexibility index (Phi) is 3.81. The number of nitrogens with one attached hydrogen (secondary N) is 1. The van der Waals surface area contributed by atoms with E-state index in [1.165, 1.54) is 6.07 Å². The summed E-state index contributed by atoms with van der Waals surface area (Å²) in [6.45, 7) is 1.94. The molecule has 86 valence electrons. The highest BCUT2D eigenvalue weighted by atomic mass is 35.5. The lowest BCUT2D eigenvalue weighted by atomic mass is 9.79. The van der Waals surface area contributed by atoms with E-state index in [1.54, 1.807) is 6.07 Å². The molecule has 0 saturated carbocycles. The molecule has 4 nitrogen and oxygen atoms in total. The Morgan fingerprint density at radius 2 is 2.00 bits per heavy atom. The van der Waals surface area contributed by atoms with E-state index in [9.17, 15) is 0 Å². The molecule has 0 radical (unpaired) electrons. The van der Waals surface area contributed by atoms with Gasteiger partial charge in [0.05, 0.1) is 0 Å². The Balaban J connectivity index is 2.25. The van der Waals surface area contributed by atoms with E-state index < -0.39 is 7.12 Å². The smallest absolute Gasteiger partial charge is 0.423 e. The molecule has 1 aliphatic rings. The Hall–Kier alpha value is -0.615. The standard InChI is InChI=1S/C10H14BClN2O2/c12-10-6-8(11(15)16)5-9(14-10)7-1-3-13-4-2-7/h5-7,13,15-16H,1-4H2. The first-order valence-corrected chi connectivity index (χ1v) is 5.79. The van der Waals surface area contributed by atoms with Crippen LogP contribution in [0.2, 0.25) is 5.15 Å². The van der Waals surface area contributed by atoms with Gasteiger partial charge in [-0.2, -0.15) is 0 Å². The van der Waals surface area contributed by atoms with Crippen LogP contribution in [0.25, 0.3) is 0 Å². The molecule has 0 atom stereocenters. The Labute approximate surface area is 99.8 Å². The molecule has 3 N–H and O–H groups in total. The van der Waals surface area contributed by atoms with Gasteiger partial charge in [-0.3, -0.25) is 0 Å². The van der Waals surface area contributed by atoms with E-state index in [1.807, 2.05) is 0 Å². The second-order valence-electron chi connectivity index (χ2n) is 4.05. The molecule has 0 aromatic carbocycles. The minimum absolute atomic E-state index is 0.319. The van der Waals surface area contributed by atoms with Crippen molar-refractivity contribution in [1.82, 2.24) is 10.3 Å². The molecule has 2 heterocycles. The molecule has 0 bridgehead atoms. The molecule has 1 aromatic heterocycles. The van der Waals surface area contributed by atoms with Gasteiger partial charge in [-0.1, -0.05) is 11.6 Å². The van der Waals surface area contributed by atoms with Gasteiger partial charge >= 0.3 is 7.12 Å². The highest BCUT2D eigenvalue weighted by Gasteiger charge is 2.20. The number of rotatable bonds is 2. The number of hydrogen-bond acceptors (Lipinski definition) is 4. The van der Waals surface area contributed by atoms with Gasteiger partial charge < -0.3 is 15.4 Å². The lowest BCUT2D eigenvalue weighted by Gasteiger charge is -2.22. The molecule has 16 heavy (non-hydrogen) atoms. The first-order valence-electron chi connectivity index (χ1n) is 5.41. The lowest BCUT2D eigenvalue weighted by molar-refractivity contribution is 0.425. The van der Waals surface area contributed by atoms with Gasteiger partial charge in [0.1, 0.15) is 5.15 Å². The molecule has 1 aromatic rings. The number of hydrogen-bond donors (Lipinski definition) is 3. The maximum atomic E-state index is 9.13. The summed E-state index contributed by atoms with van der Waals surface area (Å²) < 4.78 is 0. The van der Waals surface area contributed by atoms with Gasteiger partial charge in [0.15, 0.2) is 0 Å². The Bertz CT molecular complexity index is 370. The largest absolute Gasteiger partial charge is 0.488 e. The minimum Gasteiger partial charge on any atom is -0.423 e. The minimum atomic E-state index is -1.49. The zero-order valence-electron chi connectivity index (χ0n) is 8.86. The van der Waals surface area contributed by atoms with Crippen LogP contribution in [0.4, 0.5) is 0 Å². The summed E-state index contributed by atoms with van der Waals surface area (Å²) >= 11 is 5.86. The van der Waals surface area contributed by atoms with Gasteiger partial charge in [-0.15, -0.1) is 0 Å². The van der Waals surface area contributed by atoms with Crippen molar-refractivity contribution >= 4 is 24.2 Å². The molecule has 0 amide bonds. The highest BCUT2D eigenvalue weighted by Crippen LogP contribution is 2.23. The molecule has 1 saturated heterocycles. The zero-order chi connectivity index (χ0) is 11.5. The predicted molar refractivity (Wildman–Crippen MR) is 63.9 cm³/mol. The fourth-order valence-corrected chi connectivity index (χ4v) is 2.24. The normalized spacial score (nSPS) is 17.4. The van der Waals surface area contributed by atoms with Gasteiger partial charge in [0.25, 0.3) is 0 Å². The van der Waals surface area contributed by atoms with Gasteiger partial charge in [0, 0.05) is 11.6 Å². The molecule has 0 spiro atoms. The summed E-state index contributed by atoms with van der Waals surface area (Å²) in [6, 6.07) is 3.21. The lowest BCUT2D eigenvalue weighted by Crippen LogP contribution is -2.32. The van der Waals surface area contributed by atoms with Crippen molar-refractivity contribution in [2.45, 2.75) is 18.8 Å². The van der Waals surface area contributed by atoms with Crippen molar-refractivity contribution in [3.8, 4) is 0 Å². The third-order valence-electron chi connectivity index (χ3n) is 2.89. The maximum Gasteiger partial charge on any atom is 0.488 e. The van der Waals surface area contributed by atoms with Crippen molar-refractivity contribution in [3.63, 3.8) is 0 Å². The highest BCUT2D eigenvalue weighted by molar-refractivity contribution is 6.59. The summed E-state index contributed by atoms with van der Waals surface area (Å²) in [7, 11) is -1.49. The van der Waals surface area contributed by atoms with Gasteiger partial charge in [-0.05, 0) is 43.5 Å². The molecule has 1 fully saturated rings. The van der Waals surface area contributed by atoms with Crippen molar-refractivity contribution in [2.75, 3.05) is 13.1 Å². The molecular weight excluding hydrogens is 226 g/mol. The van der Waals surface area contributed by atoms with Crippen molar-refractivity contribution < 1.29 is 10.0 Å². The van der Waals surface area contributed by atoms with Crippen molar-refractivity contribution in [1.29, 1.82) is 0 Å². The molecule has 6 heteroatoms. The monoisotopic (exact) mass is 240 g/mol. The number of aromatic nitrogens is 1. The third-order valence-corrected chi connectivity index (χ3v) is 3.09. The van der Waals surface area contributed by atoms with Crippen molar-refractivity contribution in [2.24, 2.45) is 0 Å². The van der Waals surface area contributed by atoms with E-state index in [0.717, 1.165) is 31.6 Å². The average molecular weight is 240 g/mol. The third kappa shape index (κ3) is 2.74. The van der Waals surface area contributed by atoms with E-state index in [0.29, 0.717) is 16.5 Å². The number of piperidine rings is 1. The van der Waals surface area contributed by atoms with E-state index in [2.05, 4.69) is 10.3 Å². The van der Waals surface area contributed by atoms with Crippen LogP contribution in [-0.2, 0) is 0 Å². The van der Waals surface area contributed by atoms with Crippen LogP contribution in [0.1, 0.15) is 24.5 Å². The predicted octanol–water partition coefficient (Wildman–Crippen LogP) is -0.118. The first kappa shape index (κ1) is 11.9. The summed E-state index contributed by atoms with van der Waals surface area (Å²) in [4.78, 5) is 4.26. The quantitative estimate of drug-likeness (QED) is 0.498. The first-order chi connectivity index (χ1) is 7.66. The van der Waals surface area contributed by atoms with Crippen LogP contribution in [0.15, 0.2) is 12.1 Å². The van der Waals surface area contributed by atoms with Crippen LogP contribution >= 0.6 is 11.6 Å². The molecule has 2 rings (SSSR count). The summed E-state index contributed by atoms with van der Waals surface area (Å²) in [6.07, 6.45) is 2.02. The second-order valence-corrected chi connectivity index (χ2v) is 4.43. The fraction of sp³-hybridized carbons (Fsp3) is 0.500. The van der Waals surface area contributed by atoms with Crippen LogP contribution < -0.4 is 10.8 Å². The molecular formula is C10H14BClN2O2. The van der Waals surface area contributed by atoms with Crippen LogP contribution in [0, 0.1) is 0 Å². The van der Waals surface area contributed by atoms with Gasteiger partial charge in [0.2, 0.25) is 0 Å². The van der Waals surface area contributed by atoms with Gasteiger partial charge in [-0.25, -0.2) is 4.98 Å². The van der Waals surface area contributed by atoms with Crippen LogP contribution in [-0.4, -0.2) is 35.2 Å². The zero-order valence-corrected chi connectivity index (χ0v) is 9.61. The Morgan fingerprint density at radius 3 is 2.62 bits per heavy atom. The van der Waals surface area contributed by atoms with E-state index in [-0.39, 0.29) is 0 Å². The summed E-state index contributed by atoms with van der Waals surface area (Å²) in [5.74, 6) is 0.359. The Morgan fingerprint density at radius 1 is 1.31 bits per heavy atom. The molecule has 0 unspecified atom stereocenters. The fourth-order valence-electron chi connectivity index (χ4n) is 2.01. The molecule has 0 aliphatic carbocycles. The topological polar surface area (TPSA) is 65.4 Å². The SMILES string of the molecule is OB(O)c1cc(Cl)nc(C2CCNCC2)c1. The summed E-state index contributed by atoms with van der Waals surface area (Å²) in [5, 5.41) is 21.9. The van der Waals surface area contributed by atoms with Crippen LogP contribution in [0.5, 0.6) is 0 Å². The van der Waals surface area contributed by atoms with Crippen LogP contribution in [0.3, 0.4) is 0 Å². The average Bonchev–Trinajstić information content (AvgIpc) is 2.29. The summed E-state index contributed by atoms with van der Waals surface area (Å²) in [5.41, 5.74) is 1.27. The van der Waals surface area contributed by atoms with E-state index >= 15 is 0 Å². The van der Waals surface area contributed by atoms with Crippen molar-refractivity contribution in [3.05, 3.63) is 23.0 Å². The number of pyridine rings is 1. The number of halogens is 1. The molecule has 1 aliphatic heterocycles.